The van der Waals surface area contributed by atoms with Crippen molar-refractivity contribution in [2.24, 2.45) is 0 Å². The van der Waals surface area contributed by atoms with E-state index in [1.807, 2.05) is 6.92 Å². The molecule has 14 heavy (non-hydrogen) atoms. The fourth-order valence-electron chi connectivity index (χ4n) is 1.21. The minimum atomic E-state index is -0.0799. The molecular formula is C10H11Cl2NO. The van der Waals surface area contributed by atoms with Crippen molar-refractivity contribution in [3.8, 4) is 0 Å². The molecule has 0 aromatic heterocycles. The van der Waals surface area contributed by atoms with Crippen LogP contribution in [0.15, 0.2) is 18.2 Å². The lowest BCUT2D eigenvalue weighted by Crippen LogP contribution is -2.23. The van der Waals surface area contributed by atoms with E-state index in [4.69, 9.17) is 23.2 Å². The van der Waals surface area contributed by atoms with Gasteiger partial charge in [-0.1, -0.05) is 23.2 Å². The van der Waals surface area contributed by atoms with Crippen LogP contribution in [0.25, 0.3) is 0 Å². The van der Waals surface area contributed by atoms with Crippen LogP contribution in [0.3, 0.4) is 0 Å². The summed E-state index contributed by atoms with van der Waals surface area (Å²) in [7, 11) is 0. The van der Waals surface area contributed by atoms with Crippen LogP contribution in [0.5, 0.6) is 0 Å². The van der Waals surface area contributed by atoms with Crippen molar-refractivity contribution >= 4 is 29.1 Å². The molecule has 1 amide bonds. The molecule has 0 heterocycles. The van der Waals surface area contributed by atoms with Gasteiger partial charge in [-0.05, 0) is 30.7 Å². The summed E-state index contributed by atoms with van der Waals surface area (Å²) in [6.07, 6.45) is 0. The van der Waals surface area contributed by atoms with Crippen molar-refractivity contribution in [2.45, 2.75) is 19.9 Å². The Hall–Kier alpha value is -0.730. The number of benzene rings is 1. The fourth-order valence-corrected chi connectivity index (χ4v) is 1.76. The highest BCUT2D eigenvalue weighted by Gasteiger charge is 2.07. The summed E-state index contributed by atoms with van der Waals surface area (Å²) in [4.78, 5) is 10.8. The van der Waals surface area contributed by atoms with E-state index in [1.165, 1.54) is 6.92 Å². The Bertz CT molecular complexity index is 332. The van der Waals surface area contributed by atoms with E-state index >= 15 is 0 Å². The average Bonchev–Trinajstić information content (AvgIpc) is 2.00. The number of rotatable bonds is 2. The number of halogens is 2. The summed E-state index contributed by atoms with van der Waals surface area (Å²) in [5.41, 5.74) is 0.901. The first-order valence-corrected chi connectivity index (χ1v) is 4.97. The summed E-state index contributed by atoms with van der Waals surface area (Å²) in [5.74, 6) is -0.0754. The third kappa shape index (κ3) is 3.20. The maximum absolute atomic E-state index is 10.8. The first-order chi connectivity index (χ1) is 6.49. The zero-order valence-electron chi connectivity index (χ0n) is 7.97. The van der Waals surface area contributed by atoms with E-state index in [0.29, 0.717) is 10.0 Å². The van der Waals surface area contributed by atoms with Crippen molar-refractivity contribution in [3.05, 3.63) is 33.8 Å². The van der Waals surface area contributed by atoms with Crippen LogP contribution in [0.4, 0.5) is 0 Å². The van der Waals surface area contributed by atoms with E-state index in [9.17, 15) is 4.79 Å². The Labute approximate surface area is 93.2 Å². The number of carbonyl (C=O) groups is 1. The van der Waals surface area contributed by atoms with Crippen LogP contribution < -0.4 is 5.32 Å². The molecule has 0 fully saturated rings. The van der Waals surface area contributed by atoms with Gasteiger partial charge in [0.1, 0.15) is 0 Å². The first kappa shape index (κ1) is 11.3. The largest absolute Gasteiger partial charge is 0.350 e. The highest BCUT2D eigenvalue weighted by molar-refractivity contribution is 6.34. The summed E-state index contributed by atoms with van der Waals surface area (Å²) in [6, 6.07) is 5.15. The van der Waals surface area contributed by atoms with Gasteiger partial charge in [0.25, 0.3) is 0 Å². The van der Waals surface area contributed by atoms with Gasteiger partial charge in [0.15, 0.2) is 0 Å². The Morgan fingerprint density at radius 2 is 1.79 bits per heavy atom. The van der Waals surface area contributed by atoms with Crippen molar-refractivity contribution in [2.75, 3.05) is 0 Å². The average molecular weight is 232 g/mol. The minimum absolute atomic E-state index is 0.0754. The molecule has 1 atom stereocenters. The lowest BCUT2D eigenvalue weighted by Gasteiger charge is -2.13. The molecule has 0 spiro atoms. The van der Waals surface area contributed by atoms with Gasteiger partial charge in [0.05, 0.1) is 6.04 Å². The Morgan fingerprint density at radius 1 is 1.29 bits per heavy atom. The van der Waals surface area contributed by atoms with E-state index < -0.39 is 0 Å². The molecule has 0 aliphatic heterocycles. The van der Waals surface area contributed by atoms with E-state index in [1.54, 1.807) is 18.2 Å². The summed E-state index contributed by atoms with van der Waals surface area (Å²) in [6.45, 7) is 3.35. The van der Waals surface area contributed by atoms with Gasteiger partial charge in [-0.15, -0.1) is 0 Å². The first-order valence-electron chi connectivity index (χ1n) is 4.22. The van der Waals surface area contributed by atoms with Crippen LogP contribution in [-0.2, 0) is 4.79 Å². The molecule has 0 radical (unpaired) electrons. The predicted octanol–water partition coefficient (Wildman–Crippen LogP) is 3.19. The molecule has 1 N–H and O–H groups in total. The lowest BCUT2D eigenvalue weighted by molar-refractivity contribution is -0.119. The van der Waals surface area contributed by atoms with Crippen LogP contribution in [-0.4, -0.2) is 5.91 Å². The van der Waals surface area contributed by atoms with Crippen molar-refractivity contribution in [1.82, 2.24) is 5.32 Å². The van der Waals surface area contributed by atoms with Gasteiger partial charge in [0.2, 0.25) is 5.91 Å². The van der Waals surface area contributed by atoms with E-state index in [0.717, 1.165) is 5.56 Å². The Morgan fingerprint density at radius 3 is 2.21 bits per heavy atom. The van der Waals surface area contributed by atoms with Gasteiger partial charge in [0, 0.05) is 17.0 Å². The fraction of sp³-hybridized carbons (Fsp3) is 0.300. The molecule has 1 unspecified atom stereocenters. The molecule has 2 nitrogen and oxygen atoms in total. The Balaban J connectivity index is 2.89. The predicted molar refractivity (Wildman–Crippen MR) is 58.7 cm³/mol. The molecule has 0 saturated carbocycles. The molecule has 4 heteroatoms. The van der Waals surface area contributed by atoms with Crippen LogP contribution in [0.2, 0.25) is 10.0 Å². The van der Waals surface area contributed by atoms with Crippen LogP contribution in [0.1, 0.15) is 25.5 Å². The molecule has 1 aromatic carbocycles. The Kier molecular flexibility index (Phi) is 3.78. The third-order valence-corrected chi connectivity index (χ3v) is 2.24. The number of nitrogens with one attached hydrogen (secondary N) is 1. The number of carbonyl (C=O) groups excluding carboxylic acids is 1. The second-order valence-electron chi connectivity index (χ2n) is 3.12. The van der Waals surface area contributed by atoms with Gasteiger partial charge in [-0.3, -0.25) is 4.79 Å². The molecular weight excluding hydrogens is 221 g/mol. The van der Waals surface area contributed by atoms with Crippen LogP contribution in [0, 0.1) is 0 Å². The lowest BCUT2D eigenvalue weighted by atomic mass is 10.1. The van der Waals surface area contributed by atoms with Crippen molar-refractivity contribution < 1.29 is 4.79 Å². The van der Waals surface area contributed by atoms with E-state index in [2.05, 4.69) is 5.32 Å². The molecule has 1 rings (SSSR count). The number of hydrogen-bond acceptors (Lipinski definition) is 1. The van der Waals surface area contributed by atoms with Gasteiger partial charge in [-0.2, -0.15) is 0 Å². The molecule has 76 valence electrons. The summed E-state index contributed by atoms with van der Waals surface area (Å²) in [5, 5.41) is 3.90. The molecule has 0 aliphatic carbocycles. The monoisotopic (exact) mass is 231 g/mol. The second-order valence-corrected chi connectivity index (χ2v) is 4.00. The normalized spacial score (nSPS) is 12.3. The summed E-state index contributed by atoms with van der Waals surface area (Å²) < 4.78 is 0. The molecule has 0 aliphatic rings. The second kappa shape index (κ2) is 4.67. The number of hydrogen-bond donors (Lipinski definition) is 1. The quantitative estimate of drug-likeness (QED) is 0.833. The third-order valence-electron chi connectivity index (χ3n) is 1.80. The summed E-state index contributed by atoms with van der Waals surface area (Å²) >= 11 is 11.7. The maximum Gasteiger partial charge on any atom is 0.217 e. The molecule has 0 bridgehead atoms. The highest BCUT2D eigenvalue weighted by atomic mass is 35.5. The molecule has 1 aromatic rings. The number of amides is 1. The zero-order valence-corrected chi connectivity index (χ0v) is 9.49. The van der Waals surface area contributed by atoms with Gasteiger partial charge < -0.3 is 5.32 Å². The van der Waals surface area contributed by atoms with Crippen molar-refractivity contribution in [1.29, 1.82) is 0 Å². The zero-order chi connectivity index (χ0) is 10.7. The minimum Gasteiger partial charge on any atom is -0.350 e. The maximum atomic E-state index is 10.8. The smallest absolute Gasteiger partial charge is 0.217 e. The van der Waals surface area contributed by atoms with Gasteiger partial charge in [-0.25, -0.2) is 0 Å². The van der Waals surface area contributed by atoms with Crippen molar-refractivity contribution in [3.63, 3.8) is 0 Å². The standard InChI is InChI=1S/C10H11Cl2NO/c1-6(13-7(2)14)8-3-9(11)5-10(12)4-8/h3-6H,1-2H3,(H,13,14). The van der Waals surface area contributed by atoms with Gasteiger partial charge >= 0.3 is 0 Å². The van der Waals surface area contributed by atoms with E-state index in [-0.39, 0.29) is 11.9 Å². The topological polar surface area (TPSA) is 29.1 Å². The highest BCUT2D eigenvalue weighted by Crippen LogP contribution is 2.23. The van der Waals surface area contributed by atoms with Crippen LogP contribution >= 0.6 is 23.2 Å². The molecule has 0 saturated heterocycles. The SMILES string of the molecule is CC(=O)NC(C)c1cc(Cl)cc(Cl)c1.